The Morgan fingerprint density at radius 1 is 0.205 bits per heavy atom. The molecule has 0 aliphatic rings. The first-order chi connectivity index (χ1) is 38.4. The maximum atomic E-state index is 2.51. The number of para-hydroxylation sites is 2. The molecule has 0 unspecified atom stereocenters. The van der Waals surface area contributed by atoms with E-state index in [1.165, 1.54) is 132 Å². The molecule has 14 aromatic rings. The van der Waals surface area contributed by atoms with Gasteiger partial charge in [-0.15, -0.1) is 0 Å². The van der Waals surface area contributed by atoms with Gasteiger partial charge < -0.3 is 9.80 Å². The molecule has 0 spiro atoms. The van der Waals surface area contributed by atoms with E-state index < -0.39 is 0 Å². The monoisotopic (exact) mass is 996 g/mol. The van der Waals surface area contributed by atoms with Crippen LogP contribution < -0.4 is 9.80 Å². The van der Waals surface area contributed by atoms with Gasteiger partial charge in [-0.05, 0) is 198 Å². The van der Waals surface area contributed by atoms with Gasteiger partial charge in [0.2, 0.25) is 0 Å². The fourth-order valence-electron chi connectivity index (χ4n) is 12.9. The number of rotatable bonds is 9. The van der Waals surface area contributed by atoms with E-state index in [-0.39, 0.29) is 0 Å². The van der Waals surface area contributed by atoms with Crippen molar-refractivity contribution in [2.45, 2.75) is 27.7 Å². The minimum absolute atomic E-state index is 1.12. The third-order valence-corrected chi connectivity index (χ3v) is 16.2. The van der Waals surface area contributed by atoms with Crippen molar-refractivity contribution in [3.8, 4) is 33.4 Å². The van der Waals surface area contributed by atoms with Crippen LogP contribution in [0.4, 0.5) is 34.1 Å². The summed E-state index contributed by atoms with van der Waals surface area (Å²) in [5.41, 5.74) is 18.8. The predicted molar refractivity (Wildman–Crippen MR) is 336 cm³/mol. The van der Waals surface area contributed by atoms with Gasteiger partial charge in [0.15, 0.2) is 0 Å². The zero-order chi connectivity index (χ0) is 52.4. The van der Waals surface area contributed by atoms with Crippen LogP contribution in [0.2, 0.25) is 0 Å². The average molecular weight is 997 g/mol. The highest BCUT2D eigenvalue weighted by Gasteiger charge is 2.25. The van der Waals surface area contributed by atoms with Crippen molar-refractivity contribution < 1.29 is 0 Å². The first-order valence-electron chi connectivity index (χ1n) is 27.2. The summed E-state index contributed by atoms with van der Waals surface area (Å²) in [4.78, 5) is 5.02. The first-order valence-corrected chi connectivity index (χ1v) is 27.2. The standard InChI is InChI=1S/C76H56N2/c1-49-43-55(44-50(2)75(49)77(73-37-21-19-27-59(73)53-23-7-5-8-24-53)57-39-41-69-65-33-13-11-29-61(65)63-31-15-17-35-67(63)71(69)47-57)56-45-51(3)76(52(4)46-56)78(74-38-22-20-28-60(74)54-25-9-6-10-26-54)58-40-42-70-66-34-14-12-30-62(66)64-32-16-18-36-68(64)72(70)48-58/h5-48H,1-4H3. The van der Waals surface area contributed by atoms with Crippen LogP contribution in [0.3, 0.4) is 0 Å². The maximum Gasteiger partial charge on any atom is 0.0540 e. The second-order valence-corrected chi connectivity index (χ2v) is 21.0. The minimum atomic E-state index is 1.12. The van der Waals surface area contributed by atoms with E-state index in [0.717, 1.165) is 22.7 Å². The van der Waals surface area contributed by atoms with Crippen molar-refractivity contribution in [3.05, 3.63) is 289 Å². The smallest absolute Gasteiger partial charge is 0.0540 e. The Kier molecular flexibility index (Phi) is 11.5. The van der Waals surface area contributed by atoms with Gasteiger partial charge in [0.1, 0.15) is 0 Å². The summed E-state index contributed by atoms with van der Waals surface area (Å²) < 4.78 is 0. The maximum absolute atomic E-state index is 2.51. The molecule has 14 aromatic carbocycles. The van der Waals surface area contributed by atoms with Gasteiger partial charge in [0, 0.05) is 22.5 Å². The van der Waals surface area contributed by atoms with Crippen molar-refractivity contribution >= 4 is 98.8 Å². The summed E-state index contributed by atoms with van der Waals surface area (Å²) in [5, 5.41) is 15.1. The Morgan fingerprint density at radius 3 is 0.782 bits per heavy atom. The summed E-state index contributed by atoms with van der Waals surface area (Å²) in [6.07, 6.45) is 0. The molecule has 0 bridgehead atoms. The van der Waals surface area contributed by atoms with Crippen LogP contribution in [0.1, 0.15) is 22.3 Å². The number of aryl methyl sites for hydroxylation is 4. The first kappa shape index (κ1) is 46.7. The number of hydrogen-bond donors (Lipinski definition) is 0. The Balaban J connectivity index is 0.940. The normalized spacial score (nSPS) is 11.6. The molecule has 78 heavy (non-hydrogen) atoms. The summed E-state index contributed by atoms with van der Waals surface area (Å²) >= 11 is 0. The highest BCUT2D eigenvalue weighted by atomic mass is 15.2. The van der Waals surface area contributed by atoms with E-state index in [4.69, 9.17) is 0 Å². The molecular formula is C76H56N2. The van der Waals surface area contributed by atoms with E-state index in [1.54, 1.807) is 0 Å². The third-order valence-electron chi connectivity index (χ3n) is 16.2. The average Bonchev–Trinajstić information content (AvgIpc) is 3.69. The van der Waals surface area contributed by atoms with E-state index in [9.17, 15) is 0 Å². The highest BCUT2D eigenvalue weighted by molar-refractivity contribution is 6.27. The Bertz CT molecular complexity index is 4250. The Morgan fingerprint density at radius 2 is 0.462 bits per heavy atom. The lowest BCUT2D eigenvalue weighted by molar-refractivity contribution is 1.21. The van der Waals surface area contributed by atoms with Crippen molar-refractivity contribution in [2.75, 3.05) is 9.80 Å². The summed E-state index contributed by atoms with van der Waals surface area (Å²) in [5.74, 6) is 0. The SMILES string of the molecule is Cc1cc(-c2cc(C)c(N(c3ccc4c5ccccc5c5ccccc5c4c3)c3ccccc3-c3ccccc3)c(C)c2)cc(C)c1N(c1ccc2c3ccccc3c3ccccc3c2c1)c1ccccc1-c1ccccc1. The van der Waals surface area contributed by atoms with Gasteiger partial charge in [-0.3, -0.25) is 0 Å². The van der Waals surface area contributed by atoms with Gasteiger partial charge >= 0.3 is 0 Å². The van der Waals surface area contributed by atoms with E-state index in [0.29, 0.717) is 0 Å². The van der Waals surface area contributed by atoms with Crippen LogP contribution in [0.25, 0.3) is 98.0 Å². The second-order valence-electron chi connectivity index (χ2n) is 21.0. The topological polar surface area (TPSA) is 6.48 Å². The predicted octanol–water partition coefficient (Wildman–Crippen LogP) is 21.8. The number of benzene rings is 14. The summed E-state index contributed by atoms with van der Waals surface area (Å²) in [7, 11) is 0. The molecule has 0 N–H and O–H groups in total. The molecule has 0 fully saturated rings. The molecule has 0 radical (unpaired) electrons. The molecule has 370 valence electrons. The zero-order valence-electron chi connectivity index (χ0n) is 44.3. The molecule has 0 aliphatic carbocycles. The minimum Gasteiger partial charge on any atom is -0.309 e. The van der Waals surface area contributed by atoms with Gasteiger partial charge in [-0.2, -0.15) is 0 Å². The fraction of sp³-hybridized carbons (Fsp3) is 0.0526. The Hall–Kier alpha value is -9.76. The number of fused-ring (bicyclic) bond motifs is 12. The number of anilines is 6. The lowest BCUT2D eigenvalue weighted by atomic mass is 9.92. The van der Waals surface area contributed by atoms with E-state index in [2.05, 4.69) is 304 Å². The van der Waals surface area contributed by atoms with E-state index in [1.807, 2.05) is 0 Å². The molecular weight excluding hydrogens is 941 g/mol. The quantitative estimate of drug-likeness (QED) is 0.133. The lowest BCUT2D eigenvalue weighted by Gasteiger charge is -2.32. The fourth-order valence-corrected chi connectivity index (χ4v) is 12.9. The van der Waals surface area contributed by atoms with Gasteiger partial charge in [0.05, 0.1) is 22.7 Å². The molecule has 0 heterocycles. The van der Waals surface area contributed by atoms with Crippen molar-refractivity contribution in [1.82, 2.24) is 0 Å². The highest BCUT2D eigenvalue weighted by Crippen LogP contribution is 2.49. The Labute approximate surface area is 456 Å². The van der Waals surface area contributed by atoms with Crippen molar-refractivity contribution in [2.24, 2.45) is 0 Å². The van der Waals surface area contributed by atoms with Crippen LogP contribution in [-0.4, -0.2) is 0 Å². The van der Waals surface area contributed by atoms with Crippen LogP contribution in [0.15, 0.2) is 267 Å². The molecule has 0 aromatic heterocycles. The molecule has 2 heteroatoms. The van der Waals surface area contributed by atoms with Crippen LogP contribution in [0, 0.1) is 27.7 Å². The lowest BCUT2D eigenvalue weighted by Crippen LogP contribution is -2.15. The van der Waals surface area contributed by atoms with Gasteiger partial charge in [0.25, 0.3) is 0 Å². The molecule has 2 nitrogen and oxygen atoms in total. The van der Waals surface area contributed by atoms with Gasteiger partial charge in [-0.1, -0.05) is 206 Å². The molecule has 14 rings (SSSR count). The summed E-state index contributed by atoms with van der Waals surface area (Å²) in [6, 6.07) is 98.6. The largest absolute Gasteiger partial charge is 0.309 e. The van der Waals surface area contributed by atoms with Gasteiger partial charge in [-0.25, -0.2) is 0 Å². The molecule has 0 atom stereocenters. The zero-order valence-corrected chi connectivity index (χ0v) is 44.3. The molecule has 0 saturated carbocycles. The number of hydrogen-bond acceptors (Lipinski definition) is 2. The van der Waals surface area contributed by atoms with Crippen LogP contribution in [0.5, 0.6) is 0 Å². The number of nitrogens with zero attached hydrogens (tertiary/aromatic N) is 2. The van der Waals surface area contributed by atoms with Crippen LogP contribution in [-0.2, 0) is 0 Å². The van der Waals surface area contributed by atoms with Crippen LogP contribution >= 0.6 is 0 Å². The molecule has 0 aliphatic heterocycles. The van der Waals surface area contributed by atoms with Crippen molar-refractivity contribution in [1.29, 1.82) is 0 Å². The second kappa shape index (κ2) is 19.1. The third kappa shape index (κ3) is 7.79. The molecule has 0 amide bonds. The summed E-state index contributed by atoms with van der Waals surface area (Å²) in [6.45, 7) is 9.15. The van der Waals surface area contributed by atoms with Crippen molar-refractivity contribution in [3.63, 3.8) is 0 Å². The van der Waals surface area contributed by atoms with E-state index >= 15 is 0 Å². The molecule has 0 saturated heterocycles.